The zero-order chi connectivity index (χ0) is 17.1. The van der Waals surface area contributed by atoms with Crippen molar-refractivity contribution in [3.8, 4) is 5.75 Å². The summed E-state index contributed by atoms with van der Waals surface area (Å²) < 4.78 is 7.46. The molecule has 0 spiro atoms. The number of nitrogens with zero attached hydrogens (tertiary/aromatic N) is 4. The van der Waals surface area contributed by atoms with Gasteiger partial charge in [-0.2, -0.15) is 5.10 Å². The molecule has 0 saturated heterocycles. The smallest absolute Gasteiger partial charge is 0.274 e. The van der Waals surface area contributed by atoms with Gasteiger partial charge in [0.2, 0.25) is 0 Å². The molecule has 3 rings (SSSR count). The van der Waals surface area contributed by atoms with Gasteiger partial charge in [0.15, 0.2) is 0 Å². The van der Waals surface area contributed by atoms with E-state index in [1.165, 1.54) is 0 Å². The van der Waals surface area contributed by atoms with E-state index in [-0.39, 0.29) is 18.1 Å². The van der Waals surface area contributed by atoms with Gasteiger partial charge in [-0.1, -0.05) is 0 Å². The molecule has 1 amide bonds. The van der Waals surface area contributed by atoms with Crippen molar-refractivity contribution in [3.63, 3.8) is 0 Å². The predicted octanol–water partition coefficient (Wildman–Crippen LogP) is 1.25. The summed E-state index contributed by atoms with van der Waals surface area (Å²) >= 11 is 0. The van der Waals surface area contributed by atoms with E-state index < -0.39 is 6.10 Å². The number of carbonyl (C=O) groups is 1. The van der Waals surface area contributed by atoms with Gasteiger partial charge >= 0.3 is 0 Å². The third kappa shape index (κ3) is 3.41. The Balaban J connectivity index is 1.70. The fraction of sp³-hybridized carbons (Fsp3) is 0.471. The summed E-state index contributed by atoms with van der Waals surface area (Å²) in [6.07, 6.45) is 6.29. The van der Waals surface area contributed by atoms with Gasteiger partial charge in [-0.05, 0) is 37.5 Å². The minimum absolute atomic E-state index is 0.193. The lowest BCUT2D eigenvalue weighted by Gasteiger charge is -2.39. The largest absolute Gasteiger partial charge is 0.486 e. The van der Waals surface area contributed by atoms with Crippen LogP contribution in [0.15, 0.2) is 36.8 Å². The van der Waals surface area contributed by atoms with Crippen LogP contribution in [-0.2, 0) is 7.05 Å². The van der Waals surface area contributed by atoms with Crippen molar-refractivity contribution in [1.82, 2.24) is 19.7 Å². The summed E-state index contributed by atoms with van der Waals surface area (Å²) in [7, 11) is 3.47. The molecule has 7 heteroatoms. The normalized spacial score (nSPS) is 23.7. The number of hydrogen-bond acceptors (Lipinski definition) is 5. The first-order valence-corrected chi connectivity index (χ1v) is 8.08. The second kappa shape index (κ2) is 7.00. The molecular weight excluding hydrogens is 308 g/mol. The Kier molecular flexibility index (Phi) is 4.80. The SMILES string of the molecule is CN(C(=O)c1ccn(C)n1)[C@@H]1CCC[C@@H](Oc2cccnc2)[C@@H]1O. The standard InChI is InChI=1S/C17H22N4O3/c1-20-10-8-13(19-20)17(23)21(2)14-6-3-7-15(16(14)22)24-12-5-4-9-18-11-12/h4-5,8-11,14-16,22H,3,6-7H2,1-2H3/t14-,15-,16-/m1/s1. The van der Waals surface area contributed by atoms with Crippen LogP contribution >= 0.6 is 0 Å². The molecular formula is C17H22N4O3. The first-order valence-electron chi connectivity index (χ1n) is 8.08. The van der Waals surface area contributed by atoms with Gasteiger partial charge in [0.05, 0.1) is 12.2 Å². The molecule has 3 atom stereocenters. The van der Waals surface area contributed by atoms with Gasteiger partial charge in [0.25, 0.3) is 5.91 Å². The molecule has 1 aliphatic carbocycles. The fourth-order valence-corrected chi connectivity index (χ4v) is 3.12. The molecule has 2 aromatic heterocycles. The zero-order valence-electron chi connectivity index (χ0n) is 13.9. The Labute approximate surface area is 140 Å². The van der Waals surface area contributed by atoms with E-state index in [0.29, 0.717) is 11.4 Å². The molecule has 0 aromatic carbocycles. The first-order chi connectivity index (χ1) is 11.6. The van der Waals surface area contributed by atoms with E-state index >= 15 is 0 Å². The van der Waals surface area contributed by atoms with Crippen molar-refractivity contribution in [3.05, 3.63) is 42.5 Å². The van der Waals surface area contributed by atoms with Crippen LogP contribution in [0.2, 0.25) is 0 Å². The van der Waals surface area contributed by atoms with Crippen molar-refractivity contribution in [1.29, 1.82) is 0 Å². The average Bonchev–Trinajstić information content (AvgIpc) is 3.03. The molecule has 1 aliphatic rings. The number of aryl methyl sites for hydroxylation is 1. The predicted molar refractivity (Wildman–Crippen MR) is 87.6 cm³/mol. The van der Waals surface area contributed by atoms with Crippen molar-refractivity contribution >= 4 is 5.91 Å². The number of aromatic nitrogens is 3. The van der Waals surface area contributed by atoms with E-state index in [9.17, 15) is 9.90 Å². The third-order valence-corrected chi connectivity index (χ3v) is 4.44. The van der Waals surface area contributed by atoms with Crippen molar-refractivity contribution in [2.24, 2.45) is 7.05 Å². The summed E-state index contributed by atoms with van der Waals surface area (Å²) in [6, 6.07) is 4.98. The summed E-state index contributed by atoms with van der Waals surface area (Å²) in [5.41, 5.74) is 0.377. The molecule has 128 valence electrons. The number of aliphatic hydroxyl groups excluding tert-OH is 1. The molecule has 24 heavy (non-hydrogen) atoms. The van der Waals surface area contributed by atoms with Crippen LogP contribution in [0.4, 0.5) is 0 Å². The van der Waals surface area contributed by atoms with E-state index in [1.54, 1.807) is 54.4 Å². The maximum absolute atomic E-state index is 12.6. The van der Waals surface area contributed by atoms with Crippen LogP contribution in [-0.4, -0.2) is 56.0 Å². The Bertz CT molecular complexity index is 688. The molecule has 2 aromatic rings. The highest BCUT2D eigenvalue weighted by Crippen LogP contribution is 2.27. The summed E-state index contributed by atoms with van der Waals surface area (Å²) in [6.45, 7) is 0. The molecule has 7 nitrogen and oxygen atoms in total. The van der Waals surface area contributed by atoms with Crippen molar-refractivity contribution in [2.45, 2.75) is 37.5 Å². The Morgan fingerprint density at radius 1 is 1.42 bits per heavy atom. The monoisotopic (exact) mass is 330 g/mol. The number of aliphatic hydroxyl groups is 1. The summed E-state index contributed by atoms with van der Waals surface area (Å²) in [5.74, 6) is 0.433. The summed E-state index contributed by atoms with van der Waals surface area (Å²) in [4.78, 5) is 18.1. The van der Waals surface area contributed by atoms with E-state index in [0.717, 1.165) is 19.3 Å². The molecule has 0 bridgehead atoms. The van der Waals surface area contributed by atoms with E-state index in [1.807, 2.05) is 6.07 Å². The second-order valence-electron chi connectivity index (χ2n) is 6.12. The fourth-order valence-electron chi connectivity index (χ4n) is 3.12. The van der Waals surface area contributed by atoms with Gasteiger partial charge in [0, 0.05) is 26.5 Å². The van der Waals surface area contributed by atoms with Crippen LogP contribution in [0.25, 0.3) is 0 Å². The number of hydrogen-bond donors (Lipinski definition) is 1. The van der Waals surface area contributed by atoms with E-state index in [2.05, 4.69) is 10.1 Å². The molecule has 0 radical (unpaired) electrons. The minimum Gasteiger partial charge on any atom is -0.486 e. The van der Waals surface area contributed by atoms with Crippen LogP contribution in [0.5, 0.6) is 5.75 Å². The van der Waals surface area contributed by atoms with Gasteiger partial charge in [-0.3, -0.25) is 14.5 Å². The lowest BCUT2D eigenvalue weighted by Crippen LogP contribution is -2.53. The average molecular weight is 330 g/mol. The zero-order valence-corrected chi connectivity index (χ0v) is 13.9. The molecule has 0 unspecified atom stereocenters. The lowest BCUT2D eigenvalue weighted by molar-refractivity contribution is -0.0415. The number of pyridine rings is 1. The van der Waals surface area contributed by atoms with Crippen LogP contribution < -0.4 is 4.74 Å². The third-order valence-electron chi connectivity index (χ3n) is 4.44. The maximum Gasteiger partial charge on any atom is 0.274 e. The van der Waals surface area contributed by atoms with Crippen LogP contribution in [0.1, 0.15) is 29.8 Å². The highest BCUT2D eigenvalue weighted by molar-refractivity contribution is 5.92. The number of ether oxygens (including phenoxy) is 1. The number of amides is 1. The molecule has 1 fully saturated rings. The van der Waals surface area contributed by atoms with Gasteiger partial charge in [-0.25, -0.2) is 0 Å². The Morgan fingerprint density at radius 3 is 2.92 bits per heavy atom. The minimum atomic E-state index is -0.753. The van der Waals surface area contributed by atoms with Crippen LogP contribution in [0, 0.1) is 0 Å². The van der Waals surface area contributed by atoms with Crippen molar-refractivity contribution < 1.29 is 14.6 Å². The topological polar surface area (TPSA) is 80.5 Å². The Morgan fingerprint density at radius 2 is 2.25 bits per heavy atom. The first kappa shape index (κ1) is 16.4. The highest BCUT2D eigenvalue weighted by atomic mass is 16.5. The number of rotatable bonds is 4. The van der Waals surface area contributed by atoms with Gasteiger partial charge in [-0.15, -0.1) is 0 Å². The summed E-state index contributed by atoms with van der Waals surface area (Å²) in [5, 5.41) is 14.8. The molecule has 1 saturated carbocycles. The highest BCUT2D eigenvalue weighted by Gasteiger charge is 2.37. The lowest BCUT2D eigenvalue weighted by atomic mass is 9.88. The van der Waals surface area contributed by atoms with Crippen molar-refractivity contribution in [2.75, 3.05) is 7.05 Å². The Hall–Kier alpha value is -2.41. The number of carbonyl (C=O) groups excluding carboxylic acids is 1. The molecule has 0 aliphatic heterocycles. The van der Waals surface area contributed by atoms with E-state index in [4.69, 9.17) is 4.74 Å². The van der Waals surface area contributed by atoms with Gasteiger partial charge in [0.1, 0.15) is 23.7 Å². The maximum atomic E-state index is 12.6. The molecule has 2 heterocycles. The molecule has 1 N–H and O–H groups in total. The quantitative estimate of drug-likeness (QED) is 0.912. The van der Waals surface area contributed by atoms with Crippen LogP contribution in [0.3, 0.4) is 0 Å². The van der Waals surface area contributed by atoms with Gasteiger partial charge < -0.3 is 14.7 Å². The second-order valence-corrected chi connectivity index (χ2v) is 6.12. The number of likely N-dealkylation sites (N-methyl/N-ethyl adjacent to an activating group) is 1.